The molecule has 8 nitrogen and oxygen atoms in total. The summed E-state index contributed by atoms with van der Waals surface area (Å²) >= 11 is 1.60. The number of nitrogens with zero attached hydrogens (tertiary/aromatic N) is 5. The number of likely N-dealkylation sites (tertiary alicyclic amines) is 1. The summed E-state index contributed by atoms with van der Waals surface area (Å²) in [5.74, 6) is 2.24. The van der Waals surface area contributed by atoms with Crippen molar-refractivity contribution in [2.75, 3.05) is 37.0 Å². The fourth-order valence-corrected chi connectivity index (χ4v) is 5.64. The maximum Gasteiger partial charge on any atom is 0.240 e. The van der Waals surface area contributed by atoms with Crippen LogP contribution in [0.25, 0.3) is 0 Å². The van der Waals surface area contributed by atoms with Crippen molar-refractivity contribution < 1.29 is 9.53 Å². The van der Waals surface area contributed by atoms with Crippen LogP contribution in [-0.2, 0) is 23.3 Å². The molecule has 34 heavy (non-hydrogen) atoms. The normalized spacial score (nSPS) is 22.3. The number of hydrogen-bond donors (Lipinski definition) is 1. The van der Waals surface area contributed by atoms with Gasteiger partial charge < -0.3 is 15.0 Å². The maximum atomic E-state index is 14.2. The SMILES string of the molecule is COc1ccc(N2Cc3cnc(NCC4CC4)nc3[C@@]3(CCN(Cc4cscn4)C3)C2=O)cc1. The predicted molar refractivity (Wildman–Crippen MR) is 131 cm³/mol. The summed E-state index contributed by atoms with van der Waals surface area (Å²) in [4.78, 5) is 32.4. The van der Waals surface area contributed by atoms with Crippen LogP contribution in [0.15, 0.2) is 41.4 Å². The highest BCUT2D eigenvalue weighted by atomic mass is 32.1. The number of aromatic nitrogens is 3. The van der Waals surface area contributed by atoms with E-state index >= 15 is 0 Å². The van der Waals surface area contributed by atoms with Gasteiger partial charge in [-0.2, -0.15) is 0 Å². The number of benzene rings is 1. The second-order valence-electron chi connectivity index (χ2n) is 9.50. The van der Waals surface area contributed by atoms with Gasteiger partial charge in [-0.25, -0.2) is 15.0 Å². The van der Waals surface area contributed by atoms with E-state index in [4.69, 9.17) is 9.72 Å². The smallest absolute Gasteiger partial charge is 0.240 e. The second kappa shape index (κ2) is 8.63. The number of methoxy groups -OCH3 is 1. The molecule has 2 aliphatic heterocycles. The number of anilines is 2. The molecule has 1 amide bonds. The van der Waals surface area contributed by atoms with Gasteiger partial charge in [0.15, 0.2) is 0 Å². The lowest BCUT2D eigenvalue weighted by molar-refractivity contribution is -0.124. The predicted octanol–water partition coefficient (Wildman–Crippen LogP) is 3.45. The standard InChI is InChI=1S/C25H28N6O2S/c1-33-21-6-4-20(5-7-21)31-12-18-11-27-24(26-10-17-2-3-17)29-22(18)25(23(31)32)8-9-30(15-25)13-19-14-34-16-28-19/h4-7,11,14,16-17H,2-3,8-10,12-13,15H2,1H3,(H,26,27,29)/t25-/m0/s1. The summed E-state index contributed by atoms with van der Waals surface area (Å²) in [6.07, 6.45) is 5.17. The Morgan fingerprint density at radius 1 is 1.24 bits per heavy atom. The van der Waals surface area contributed by atoms with Gasteiger partial charge >= 0.3 is 0 Å². The van der Waals surface area contributed by atoms with Gasteiger partial charge in [-0.3, -0.25) is 9.69 Å². The molecule has 1 saturated heterocycles. The minimum absolute atomic E-state index is 0.109. The van der Waals surface area contributed by atoms with E-state index in [1.807, 2.05) is 40.9 Å². The molecule has 1 aliphatic carbocycles. The van der Waals surface area contributed by atoms with Crippen LogP contribution in [0.1, 0.15) is 36.2 Å². The molecule has 1 N–H and O–H groups in total. The molecule has 1 aromatic carbocycles. The fraction of sp³-hybridized carbons (Fsp3) is 0.440. The number of fused-ring (bicyclic) bond motifs is 2. The van der Waals surface area contributed by atoms with Crippen LogP contribution < -0.4 is 15.0 Å². The molecular formula is C25H28N6O2S. The number of hydrogen-bond acceptors (Lipinski definition) is 8. The number of thiazole rings is 1. The van der Waals surface area contributed by atoms with Crippen LogP contribution in [0.4, 0.5) is 11.6 Å². The maximum absolute atomic E-state index is 14.2. The third-order valence-electron chi connectivity index (χ3n) is 7.15. The number of carbonyl (C=O) groups is 1. The Labute approximate surface area is 203 Å². The monoisotopic (exact) mass is 476 g/mol. The van der Waals surface area contributed by atoms with E-state index in [2.05, 4.69) is 25.6 Å². The van der Waals surface area contributed by atoms with Gasteiger partial charge in [-0.15, -0.1) is 11.3 Å². The number of ether oxygens (including phenoxy) is 1. The lowest BCUT2D eigenvalue weighted by Crippen LogP contribution is -2.53. The molecule has 0 radical (unpaired) electrons. The molecular weight excluding hydrogens is 448 g/mol. The van der Waals surface area contributed by atoms with Crippen molar-refractivity contribution in [3.05, 3.63) is 58.3 Å². The van der Waals surface area contributed by atoms with Crippen LogP contribution >= 0.6 is 11.3 Å². The van der Waals surface area contributed by atoms with Crippen molar-refractivity contribution in [1.82, 2.24) is 19.9 Å². The molecule has 3 aliphatic rings. The Morgan fingerprint density at radius 2 is 2.09 bits per heavy atom. The molecule has 2 fully saturated rings. The van der Waals surface area contributed by atoms with E-state index in [1.54, 1.807) is 18.4 Å². The summed E-state index contributed by atoms with van der Waals surface area (Å²) in [7, 11) is 1.65. The lowest BCUT2D eigenvalue weighted by Gasteiger charge is -2.40. The minimum atomic E-state index is -0.692. The van der Waals surface area contributed by atoms with Crippen molar-refractivity contribution in [2.45, 2.75) is 37.8 Å². The van der Waals surface area contributed by atoms with E-state index < -0.39 is 5.41 Å². The summed E-state index contributed by atoms with van der Waals surface area (Å²) in [5, 5.41) is 5.47. The first-order valence-corrected chi connectivity index (χ1v) is 12.7. The second-order valence-corrected chi connectivity index (χ2v) is 10.2. The van der Waals surface area contributed by atoms with Gasteiger partial charge in [0.2, 0.25) is 11.9 Å². The highest BCUT2D eigenvalue weighted by molar-refractivity contribution is 7.07. The topological polar surface area (TPSA) is 83.5 Å². The van der Waals surface area contributed by atoms with Crippen molar-refractivity contribution in [2.24, 2.45) is 5.92 Å². The molecule has 6 rings (SSSR count). The third-order valence-corrected chi connectivity index (χ3v) is 7.78. The first kappa shape index (κ1) is 21.5. The molecule has 2 aromatic heterocycles. The molecule has 9 heteroatoms. The zero-order chi connectivity index (χ0) is 23.1. The molecule has 0 bridgehead atoms. The van der Waals surface area contributed by atoms with E-state index in [-0.39, 0.29) is 5.91 Å². The zero-order valence-corrected chi connectivity index (χ0v) is 20.1. The summed E-state index contributed by atoms with van der Waals surface area (Å²) < 4.78 is 5.31. The Kier molecular flexibility index (Phi) is 5.45. The summed E-state index contributed by atoms with van der Waals surface area (Å²) in [6.45, 7) is 3.56. The van der Waals surface area contributed by atoms with E-state index in [9.17, 15) is 4.79 Å². The summed E-state index contributed by atoms with van der Waals surface area (Å²) in [5.41, 5.74) is 4.98. The quantitative estimate of drug-likeness (QED) is 0.559. The highest BCUT2D eigenvalue weighted by Crippen LogP contribution is 2.43. The zero-order valence-electron chi connectivity index (χ0n) is 19.2. The Bertz CT molecular complexity index is 1180. The largest absolute Gasteiger partial charge is 0.497 e. The van der Waals surface area contributed by atoms with Crippen LogP contribution in [0.5, 0.6) is 5.75 Å². The minimum Gasteiger partial charge on any atom is -0.497 e. The molecule has 3 aromatic rings. The first-order valence-electron chi connectivity index (χ1n) is 11.8. The van der Waals surface area contributed by atoms with Crippen LogP contribution in [0.2, 0.25) is 0 Å². The number of carbonyl (C=O) groups excluding carboxylic acids is 1. The van der Waals surface area contributed by atoms with Gasteiger partial charge in [0.25, 0.3) is 0 Å². The molecule has 4 heterocycles. The Morgan fingerprint density at radius 3 is 2.82 bits per heavy atom. The van der Waals surface area contributed by atoms with E-state index in [0.717, 1.165) is 60.4 Å². The van der Waals surface area contributed by atoms with Crippen LogP contribution in [-0.4, -0.2) is 52.5 Å². The number of rotatable bonds is 7. The molecule has 1 saturated carbocycles. The Hall–Kier alpha value is -3.04. The van der Waals surface area contributed by atoms with Gasteiger partial charge in [-0.05, 0) is 49.4 Å². The van der Waals surface area contributed by atoms with Gasteiger partial charge in [0.1, 0.15) is 11.2 Å². The third kappa shape index (κ3) is 3.92. The van der Waals surface area contributed by atoms with Gasteiger partial charge in [-0.1, -0.05) is 0 Å². The Balaban J connectivity index is 1.35. The van der Waals surface area contributed by atoms with Crippen molar-refractivity contribution >= 4 is 28.9 Å². The first-order chi connectivity index (χ1) is 16.6. The van der Waals surface area contributed by atoms with Crippen molar-refractivity contribution in [3.63, 3.8) is 0 Å². The van der Waals surface area contributed by atoms with E-state index in [1.165, 1.54) is 12.8 Å². The van der Waals surface area contributed by atoms with Crippen LogP contribution in [0, 0.1) is 5.92 Å². The average Bonchev–Trinajstić information content (AvgIpc) is 3.38. The van der Waals surface area contributed by atoms with Gasteiger partial charge in [0.05, 0.1) is 30.6 Å². The average molecular weight is 477 g/mol. The molecule has 1 atom stereocenters. The number of amides is 1. The number of nitrogens with one attached hydrogen (secondary N) is 1. The summed E-state index contributed by atoms with van der Waals surface area (Å²) in [6, 6.07) is 7.69. The van der Waals surface area contributed by atoms with E-state index in [0.29, 0.717) is 19.0 Å². The highest BCUT2D eigenvalue weighted by Gasteiger charge is 2.53. The van der Waals surface area contributed by atoms with Crippen LogP contribution in [0.3, 0.4) is 0 Å². The molecule has 176 valence electrons. The van der Waals surface area contributed by atoms with Gasteiger partial charge in [0, 0.05) is 49.0 Å². The fourth-order valence-electron chi connectivity index (χ4n) is 5.09. The lowest BCUT2D eigenvalue weighted by atomic mass is 9.77. The molecule has 0 unspecified atom stereocenters. The molecule has 1 spiro atoms. The van der Waals surface area contributed by atoms with Crippen molar-refractivity contribution in [1.29, 1.82) is 0 Å². The van der Waals surface area contributed by atoms with Crippen molar-refractivity contribution in [3.8, 4) is 5.75 Å².